The molecule has 128 valence electrons. The average molecular weight is 338 g/mol. The van der Waals surface area contributed by atoms with Gasteiger partial charge in [0.05, 0.1) is 0 Å². The maximum absolute atomic E-state index is 5.05. The summed E-state index contributed by atoms with van der Waals surface area (Å²) in [5, 5.41) is 7.04. The minimum absolute atomic E-state index is 0.633. The quantitative estimate of drug-likeness (QED) is 0.761. The molecule has 1 aliphatic heterocycles. The summed E-state index contributed by atoms with van der Waals surface area (Å²) < 4.78 is 5.05. The van der Waals surface area contributed by atoms with Gasteiger partial charge in [-0.25, -0.2) is 15.0 Å². The minimum atomic E-state index is 0.633. The first-order valence-electron chi connectivity index (χ1n) is 8.08. The van der Waals surface area contributed by atoms with Gasteiger partial charge in [0, 0.05) is 50.8 Å². The normalized spacial score (nSPS) is 14.6. The lowest BCUT2D eigenvalue weighted by atomic mass is 10.3. The van der Waals surface area contributed by atoms with Crippen molar-refractivity contribution >= 4 is 23.5 Å². The molecule has 4 heterocycles. The number of rotatable bonds is 4. The Hall–Kier alpha value is -3.23. The fourth-order valence-electron chi connectivity index (χ4n) is 2.69. The Balaban J connectivity index is 1.42. The summed E-state index contributed by atoms with van der Waals surface area (Å²) in [7, 11) is 0. The molecule has 4 rings (SSSR count). The molecule has 1 fully saturated rings. The molecule has 1 aliphatic rings. The maximum Gasteiger partial charge on any atom is 0.227 e. The lowest BCUT2D eigenvalue weighted by molar-refractivity contribution is 0.400. The number of anilines is 4. The number of hydrogen-bond donors (Lipinski definition) is 1. The summed E-state index contributed by atoms with van der Waals surface area (Å²) in [4.78, 5) is 21.9. The summed E-state index contributed by atoms with van der Waals surface area (Å²) in [6.07, 6.45) is 5.27. The van der Waals surface area contributed by atoms with Gasteiger partial charge < -0.3 is 19.6 Å². The monoisotopic (exact) mass is 338 g/mol. The van der Waals surface area contributed by atoms with Crippen LogP contribution < -0.4 is 15.1 Å². The van der Waals surface area contributed by atoms with Crippen molar-refractivity contribution in [3.8, 4) is 0 Å². The van der Waals surface area contributed by atoms with Crippen molar-refractivity contribution in [2.24, 2.45) is 0 Å². The second-order valence-corrected chi connectivity index (χ2v) is 5.71. The summed E-state index contributed by atoms with van der Waals surface area (Å²) >= 11 is 0. The Morgan fingerprint density at radius 2 is 1.60 bits per heavy atom. The number of nitrogens with one attached hydrogen (secondary N) is 1. The van der Waals surface area contributed by atoms with E-state index in [9.17, 15) is 0 Å². The lowest BCUT2D eigenvalue weighted by Gasteiger charge is -2.34. The van der Waals surface area contributed by atoms with Crippen molar-refractivity contribution in [3.05, 3.63) is 42.5 Å². The zero-order chi connectivity index (χ0) is 17.1. The number of hydrogen-bond acceptors (Lipinski definition) is 9. The van der Waals surface area contributed by atoms with Crippen LogP contribution in [0.5, 0.6) is 0 Å². The molecule has 0 aromatic carbocycles. The molecule has 0 atom stereocenters. The van der Waals surface area contributed by atoms with E-state index in [4.69, 9.17) is 4.52 Å². The molecular formula is C16H18N8O. The highest BCUT2D eigenvalue weighted by atomic mass is 16.5. The van der Waals surface area contributed by atoms with Crippen LogP contribution in [0, 0.1) is 6.92 Å². The molecule has 0 bridgehead atoms. The first-order chi connectivity index (χ1) is 12.3. The van der Waals surface area contributed by atoms with E-state index in [1.807, 2.05) is 25.1 Å². The summed E-state index contributed by atoms with van der Waals surface area (Å²) in [6, 6.07) is 5.45. The number of aryl methyl sites for hydroxylation is 1. The van der Waals surface area contributed by atoms with Crippen molar-refractivity contribution in [2.75, 3.05) is 41.3 Å². The van der Waals surface area contributed by atoms with Crippen LogP contribution in [-0.4, -0.2) is 51.3 Å². The molecule has 0 spiro atoms. The van der Waals surface area contributed by atoms with Crippen molar-refractivity contribution in [3.63, 3.8) is 0 Å². The van der Waals surface area contributed by atoms with Crippen molar-refractivity contribution in [1.82, 2.24) is 25.1 Å². The Morgan fingerprint density at radius 3 is 2.28 bits per heavy atom. The number of piperazine rings is 1. The van der Waals surface area contributed by atoms with Gasteiger partial charge in [-0.15, -0.1) is 0 Å². The van der Waals surface area contributed by atoms with Gasteiger partial charge in [-0.05, 0) is 19.1 Å². The van der Waals surface area contributed by atoms with Gasteiger partial charge in [-0.1, -0.05) is 5.16 Å². The van der Waals surface area contributed by atoms with Crippen molar-refractivity contribution in [1.29, 1.82) is 0 Å². The maximum atomic E-state index is 5.05. The van der Waals surface area contributed by atoms with Crippen LogP contribution in [0.3, 0.4) is 0 Å². The SMILES string of the molecule is Cc1cc(Nc2ccnc(N3CCN(c4ncccn4)CC3)n2)no1. The highest BCUT2D eigenvalue weighted by Crippen LogP contribution is 2.18. The highest BCUT2D eigenvalue weighted by molar-refractivity contribution is 5.53. The zero-order valence-electron chi connectivity index (χ0n) is 13.8. The molecular weight excluding hydrogens is 320 g/mol. The van der Waals surface area contributed by atoms with Gasteiger partial charge in [0.15, 0.2) is 5.82 Å². The van der Waals surface area contributed by atoms with Crippen molar-refractivity contribution < 1.29 is 4.52 Å². The first kappa shape index (κ1) is 15.3. The van der Waals surface area contributed by atoms with E-state index in [2.05, 4.69) is 40.2 Å². The second kappa shape index (κ2) is 6.71. The summed E-state index contributed by atoms with van der Waals surface area (Å²) in [5.74, 6) is 3.52. The van der Waals surface area contributed by atoms with Gasteiger partial charge in [-0.2, -0.15) is 4.98 Å². The Labute approximate surface area is 144 Å². The van der Waals surface area contributed by atoms with Gasteiger partial charge in [-0.3, -0.25) is 0 Å². The van der Waals surface area contributed by atoms with Gasteiger partial charge in [0.2, 0.25) is 11.9 Å². The fraction of sp³-hybridized carbons (Fsp3) is 0.312. The molecule has 0 amide bonds. The highest BCUT2D eigenvalue weighted by Gasteiger charge is 2.20. The van der Waals surface area contributed by atoms with Crippen molar-refractivity contribution in [2.45, 2.75) is 6.92 Å². The molecule has 0 saturated carbocycles. The summed E-state index contributed by atoms with van der Waals surface area (Å²) in [5.41, 5.74) is 0. The Bertz CT molecular complexity index is 829. The van der Waals surface area contributed by atoms with Crippen LogP contribution in [0.25, 0.3) is 0 Å². The molecule has 0 unspecified atom stereocenters. The van der Waals surface area contributed by atoms with Crippen LogP contribution in [0.15, 0.2) is 41.3 Å². The van der Waals surface area contributed by atoms with Gasteiger partial charge in [0.25, 0.3) is 0 Å². The standard InChI is InChI=1S/C16H18N8O/c1-12-11-14(22-25-12)20-13-3-6-19-16(21-13)24-9-7-23(8-10-24)15-17-4-2-5-18-15/h2-6,11H,7-10H2,1H3,(H,19,20,21,22). The fourth-order valence-corrected chi connectivity index (χ4v) is 2.69. The minimum Gasteiger partial charge on any atom is -0.360 e. The number of aromatic nitrogens is 5. The average Bonchev–Trinajstić information content (AvgIpc) is 3.07. The predicted molar refractivity (Wildman–Crippen MR) is 93.0 cm³/mol. The predicted octanol–water partition coefficient (Wildman–Crippen LogP) is 1.63. The van der Waals surface area contributed by atoms with Gasteiger partial charge >= 0.3 is 0 Å². The van der Waals surface area contributed by atoms with Gasteiger partial charge in [0.1, 0.15) is 11.6 Å². The first-order valence-corrected chi connectivity index (χ1v) is 8.08. The summed E-state index contributed by atoms with van der Waals surface area (Å²) in [6.45, 7) is 5.12. The smallest absolute Gasteiger partial charge is 0.227 e. The van der Waals surface area contributed by atoms with E-state index < -0.39 is 0 Å². The third kappa shape index (κ3) is 3.49. The van der Waals surface area contributed by atoms with Crippen LogP contribution in [0.4, 0.5) is 23.5 Å². The van der Waals surface area contributed by atoms with Crippen LogP contribution in [0.2, 0.25) is 0 Å². The largest absolute Gasteiger partial charge is 0.360 e. The molecule has 3 aromatic heterocycles. The molecule has 9 heteroatoms. The molecule has 1 N–H and O–H groups in total. The van der Waals surface area contributed by atoms with Crippen LogP contribution in [0.1, 0.15) is 5.76 Å². The van der Waals surface area contributed by atoms with Crippen LogP contribution in [-0.2, 0) is 0 Å². The molecule has 3 aromatic rings. The van der Waals surface area contributed by atoms with E-state index in [1.165, 1.54) is 0 Å². The zero-order valence-corrected chi connectivity index (χ0v) is 13.8. The van der Waals surface area contributed by atoms with E-state index in [0.717, 1.165) is 37.9 Å². The van der Waals surface area contributed by atoms with E-state index >= 15 is 0 Å². The topological polar surface area (TPSA) is 96.1 Å². The van der Waals surface area contributed by atoms with E-state index in [1.54, 1.807) is 18.6 Å². The Morgan fingerprint density at radius 1 is 0.920 bits per heavy atom. The lowest BCUT2D eigenvalue weighted by Crippen LogP contribution is -2.47. The Kier molecular flexibility index (Phi) is 4.11. The third-order valence-corrected chi connectivity index (χ3v) is 3.92. The second-order valence-electron chi connectivity index (χ2n) is 5.71. The van der Waals surface area contributed by atoms with Crippen LogP contribution >= 0.6 is 0 Å². The van der Waals surface area contributed by atoms with E-state index in [0.29, 0.717) is 17.6 Å². The molecule has 9 nitrogen and oxygen atoms in total. The molecule has 25 heavy (non-hydrogen) atoms. The third-order valence-electron chi connectivity index (χ3n) is 3.92. The van der Waals surface area contributed by atoms with E-state index in [-0.39, 0.29) is 0 Å². The number of nitrogens with zero attached hydrogens (tertiary/aromatic N) is 7. The molecule has 0 radical (unpaired) electrons. The molecule has 0 aliphatic carbocycles. The molecule has 1 saturated heterocycles.